The Bertz CT molecular complexity index is 538. The summed E-state index contributed by atoms with van der Waals surface area (Å²) < 4.78 is 0. The van der Waals surface area contributed by atoms with Crippen molar-refractivity contribution in [2.45, 2.75) is 31.2 Å². The van der Waals surface area contributed by atoms with E-state index in [1.54, 1.807) is 0 Å². The fourth-order valence-corrected chi connectivity index (χ4v) is 2.66. The standard InChI is InChI=1S/C13H18N4O3/c14-8-13(5-1-2-6-13)16-10-4-3-9(12(15)18)7-11(10)17(19)20/h3-4,7,16H,1-2,5-6,8,14H2,(H2,15,18). The van der Waals surface area contributed by atoms with Gasteiger partial charge in [-0.05, 0) is 25.0 Å². The van der Waals surface area contributed by atoms with Crippen molar-refractivity contribution in [3.63, 3.8) is 0 Å². The van der Waals surface area contributed by atoms with E-state index in [9.17, 15) is 14.9 Å². The summed E-state index contributed by atoms with van der Waals surface area (Å²) in [5, 5.41) is 14.3. The molecule has 7 nitrogen and oxygen atoms in total. The van der Waals surface area contributed by atoms with E-state index >= 15 is 0 Å². The second kappa shape index (κ2) is 5.46. The number of anilines is 1. The fraction of sp³-hybridized carbons (Fsp3) is 0.462. The summed E-state index contributed by atoms with van der Waals surface area (Å²) in [6.45, 7) is 0.418. The van der Waals surface area contributed by atoms with E-state index in [1.165, 1.54) is 18.2 Å². The number of carbonyl (C=O) groups is 1. The van der Waals surface area contributed by atoms with Gasteiger partial charge in [0.05, 0.1) is 4.92 Å². The molecule has 20 heavy (non-hydrogen) atoms. The van der Waals surface area contributed by atoms with E-state index in [-0.39, 0.29) is 16.8 Å². The van der Waals surface area contributed by atoms with Crippen LogP contribution in [0.2, 0.25) is 0 Å². The molecule has 0 radical (unpaired) electrons. The Balaban J connectivity index is 2.35. The van der Waals surface area contributed by atoms with Gasteiger partial charge >= 0.3 is 0 Å². The number of hydrogen-bond donors (Lipinski definition) is 3. The second-order valence-electron chi connectivity index (χ2n) is 5.17. The highest BCUT2D eigenvalue weighted by Crippen LogP contribution is 2.35. The van der Waals surface area contributed by atoms with E-state index in [0.717, 1.165) is 25.7 Å². The first-order valence-corrected chi connectivity index (χ1v) is 6.54. The number of nitro groups is 1. The number of amides is 1. The largest absolute Gasteiger partial charge is 0.373 e. The summed E-state index contributed by atoms with van der Waals surface area (Å²) in [7, 11) is 0. The molecule has 0 spiro atoms. The molecule has 0 atom stereocenters. The molecule has 2 rings (SSSR count). The third kappa shape index (κ3) is 2.72. The summed E-state index contributed by atoms with van der Waals surface area (Å²) in [5.41, 5.74) is 11.0. The molecule has 0 heterocycles. The number of nitrogens with two attached hydrogens (primary N) is 2. The van der Waals surface area contributed by atoms with Gasteiger partial charge in [-0.3, -0.25) is 14.9 Å². The number of nitrogens with zero attached hydrogens (tertiary/aromatic N) is 1. The monoisotopic (exact) mass is 278 g/mol. The molecule has 1 saturated carbocycles. The molecular formula is C13H18N4O3. The number of nitro benzene ring substituents is 1. The lowest BCUT2D eigenvalue weighted by atomic mass is 9.97. The zero-order valence-corrected chi connectivity index (χ0v) is 11.1. The number of hydrogen-bond acceptors (Lipinski definition) is 5. The molecule has 5 N–H and O–H groups in total. The van der Waals surface area contributed by atoms with Gasteiger partial charge in [0.25, 0.3) is 5.69 Å². The lowest BCUT2D eigenvalue weighted by molar-refractivity contribution is -0.384. The average Bonchev–Trinajstić information content (AvgIpc) is 2.88. The normalized spacial score (nSPS) is 16.9. The van der Waals surface area contributed by atoms with Crippen LogP contribution in [-0.4, -0.2) is 22.9 Å². The molecule has 0 saturated heterocycles. The van der Waals surface area contributed by atoms with Crippen molar-refractivity contribution in [3.8, 4) is 0 Å². The quantitative estimate of drug-likeness (QED) is 0.554. The van der Waals surface area contributed by atoms with Crippen LogP contribution < -0.4 is 16.8 Å². The smallest absolute Gasteiger partial charge is 0.293 e. The third-order valence-electron chi connectivity index (χ3n) is 3.83. The number of carbonyl (C=O) groups excluding carboxylic acids is 1. The van der Waals surface area contributed by atoms with Gasteiger partial charge in [-0.2, -0.15) is 0 Å². The summed E-state index contributed by atoms with van der Waals surface area (Å²) >= 11 is 0. The maximum Gasteiger partial charge on any atom is 0.293 e. The predicted octanol–water partition coefficient (Wildman–Crippen LogP) is 1.38. The van der Waals surface area contributed by atoms with Gasteiger partial charge in [-0.25, -0.2) is 0 Å². The molecule has 0 aromatic heterocycles. The van der Waals surface area contributed by atoms with Crippen molar-refractivity contribution in [2.75, 3.05) is 11.9 Å². The van der Waals surface area contributed by atoms with Gasteiger partial charge in [-0.1, -0.05) is 12.8 Å². The van der Waals surface area contributed by atoms with Crippen molar-refractivity contribution in [3.05, 3.63) is 33.9 Å². The summed E-state index contributed by atoms with van der Waals surface area (Å²) in [4.78, 5) is 21.7. The van der Waals surface area contributed by atoms with Gasteiger partial charge in [0, 0.05) is 23.7 Å². The van der Waals surface area contributed by atoms with Gasteiger partial charge in [0.1, 0.15) is 5.69 Å². The van der Waals surface area contributed by atoms with Crippen molar-refractivity contribution < 1.29 is 9.72 Å². The van der Waals surface area contributed by atoms with E-state index < -0.39 is 10.8 Å². The van der Waals surface area contributed by atoms with Crippen LogP contribution in [0.4, 0.5) is 11.4 Å². The minimum absolute atomic E-state index is 0.121. The number of nitrogens with one attached hydrogen (secondary N) is 1. The zero-order valence-electron chi connectivity index (χ0n) is 11.1. The van der Waals surface area contributed by atoms with Gasteiger partial charge in [0.15, 0.2) is 0 Å². The topological polar surface area (TPSA) is 124 Å². The van der Waals surface area contributed by atoms with Crippen LogP contribution in [0.1, 0.15) is 36.0 Å². The number of rotatable bonds is 5. The van der Waals surface area contributed by atoms with E-state index in [1.807, 2.05) is 0 Å². The molecule has 1 aliphatic carbocycles. The van der Waals surface area contributed by atoms with Crippen LogP contribution in [0.25, 0.3) is 0 Å². The Kier molecular flexibility index (Phi) is 3.89. The third-order valence-corrected chi connectivity index (χ3v) is 3.83. The minimum atomic E-state index is -0.686. The van der Waals surface area contributed by atoms with E-state index in [4.69, 9.17) is 11.5 Å². The molecule has 1 aliphatic rings. The van der Waals surface area contributed by atoms with Crippen molar-refractivity contribution in [1.29, 1.82) is 0 Å². The maximum absolute atomic E-state index is 11.1. The van der Waals surface area contributed by atoms with Crippen LogP contribution in [0.15, 0.2) is 18.2 Å². The average molecular weight is 278 g/mol. The SMILES string of the molecule is NCC1(Nc2ccc(C(N)=O)cc2[N+](=O)[O-])CCCC1. The second-order valence-corrected chi connectivity index (χ2v) is 5.17. The molecule has 1 aromatic rings. The highest BCUT2D eigenvalue weighted by molar-refractivity contribution is 5.94. The highest BCUT2D eigenvalue weighted by atomic mass is 16.6. The minimum Gasteiger partial charge on any atom is -0.373 e. The van der Waals surface area contributed by atoms with Crippen LogP contribution in [0.3, 0.4) is 0 Å². The molecule has 1 fully saturated rings. The first-order chi connectivity index (χ1) is 9.47. The number of primary amides is 1. The van der Waals surface area contributed by atoms with Crippen molar-refractivity contribution in [2.24, 2.45) is 11.5 Å². The van der Waals surface area contributed by atoms with E-state index in [2.05, 4.69) is 5.32 Å². The molecule has 108 valence electrons. The van der Waals surface area contributed by atoms with Crippen LogP contribution in [0.5, 0.6) is 0 Å². The first kappa shape index (κ1) is 14.3. The Labute approximate surface area is 116 Å². The maximum atomic E-state index is 11.1. The van der Waals surface area contributed by atoms with Crippen LogP contribution in [-0.2, 0) is 0 Å². The first-order valence-electron chi connectivity index (χ1n) is 6.54. The molecule has 0 bridgehead atoms. The zero-order chi connectivity index (χ0) is 14.8. The molecule has 0 unspecified atom stereocenters. The molecule has 7 heteroatoms. The molecule has 0 aliphatic heterocycles. The van der Waals surface area contributed by atoms with E-state index in [0.29, 0.717) is 12.2 Å². The Morgan fingerprint density at radius 1 is 1.40 bits per heavy atom. The predicted molar refractivity (Wildman–Crippen MR) is 75.5 cm³/mol. The summed E-state index contributed by atoms with van der Waals surface area (Å²) in [6, 6.07) is 4.20. The van der Waals surface area contributed by atoms with Crippen molar-refractivity contribution in [1.82, 2.24) is 0 Å². The van der Waals surface area contributed by atoms with Crippen LogP contribution >= 0.6 is 0 Å². The van der Waals surface area contributed by atoms with Gasteiger partial charge in [-0.15, -0.1) is 0 Å². The van der Waals surface area contributed by atoms with Crippen LogP contribution in [0, 0.1) is 10.1 Å². The molecule has 1 aromatic carbocycles. The Morgan fingerprint density at radius 3 is 2.55 bits per heavy atom. The lowest BCUT2D eigenvalue weighted by Gasteiger charge is -2.29. The number of benzene rings is 1. The summed E-state index contributed by atoms with van der Waals surface area (Å²) in [6.07, 6.45) is 3.88. The highest BCUT2D eigenvalue weighted by Gasteiger charge is 2.34. The molecule has 1 amide bonds. The van der Waals surface area contributed by atoms with Crippen molar-refractivity contribution >= 4 is 17.3 Å². The lowest BCUT2D eigenvalue weighted by Crippen LogP contribution is -2.42. The molecular weight excluding hydrogens is 260 g/mol. The van der Waals surface area contributed by atoms with Gasteiger partial charge < -0.3 is 16.8 Å². The van der Waals surface area contributed by atoms with Gasteiger partial charge in [0.2, 0.25) is 5.91 Å². The summed E-state index contributed by atoms with van der Waals surface area (Å²) in [5.74, 6) is -0.686. The Morgan fingerprint density at radius 2 is 2.05 bits per heavy atom. The Hall–Kier alpha value is -2.15. The fourth-order valence-electron chi connectivity index (χ4n) is 2.66.